The zero-order chi connectivity index (χ0) is 46.7. The Hall–Kier alpha value is -7.00. The summed E-state index contributed by atoms with van der Waals surface area (Å²) in [5, 5.41) is 0. The second kappa shape index (κ2) is 28.1. The smallest absolute Gasteiger partial charge is 0.343 e. The number of nitrogens with zero attached hydrogens (tertiary/aromatic N) is 2. The largest absolute Gasteiger partial charge is 0.494 e. The van der Waals surface area contributed by atoms with Gasteiger partial charge < -0.3 is 23.7 Å². The lowest BCUT2D eigenvalue weighted by Gasteiger charge is -2.08. The van der Waals surface area contributed by atoms with E-state index in [2.05, 4.69) is 23.8 Å². The number of benzene rings is 6. The molecular formula is C58H64N2O7. The maximum Gasteiger partial charge on any atom is 0.343 e. The summed E-state index contributed by atoms with van der Waals surface area (Å²) in [5.74, 6) is 2.84. The number of hydrogen-bond acceptors (Lipinski definition) is 9. The first-order chi connectivity index (χ1) is 32.9. The van der Waals surface area contributed by atoms with E-state index in [4.69, 9.17) is 23.7 Å². The third kappa shape index (κ3) is 18.1. The number of aliphatic imine (C=N–C) groups is 2. The Balaban J connectivity index is 0.892. The molecule has 0 unspecified atom stereocenters. The Bertz CT molecular complexity index is 2430. The highest BCUT2D eigenvalue weighted by Crippen LogP contribution is 2.28. The molecule has 0 aliphatic carbocycles. The summed E-state index contributed by atoms with van der Waals surface area (Å²) in [6.07, 6.45) is 20.8. The fraction of sp³-hybridized carbons (Fsp3) is 0.310. The summed E-state index contributed by atoms with van der Waals surface area (Å²) in [6, 6.07) is 43.5. The summed E-state index contributed by atoms with van der Waals surface area (Å²) in [6.45, 7) is 5.82. The molecule has 9 nitrogen and oxygen atoms in total. The number of carbonyl (C=O) groups excluding carboxylic acids is 2. The summed E-state index contributed by atoms with van der Waals surface area (Å²) in [5.41, 5.74) is 4.10. The molecule has 0 bridgehead atoms. The molecule has 0 aromatic heterocycles. The zero-order valence-corrected chi connectivity index (χ0v) is 39.1. The molecule has 6 rings (SSSR count). The average Bonchev–Trinajstić information content (AvgIpc) is 3.36. The van der Waals surface area contributed by atoms with Crippen LogP contribution in [0.2, 0.25) is 0 Å². The molecule has 0 aliphatic rings. The van der Waals surface area contributed by atoms with Crippen molar-refractivity contribution in [1.82, 2.24) is 0 Å². The van der Waals surface area contributed by atoms with Crippen LogP contribution in [0, 0.1) is 0 Å². The van der Waals surface area contributed by atoms with Gasteiger partial charge in [0.1, 0.15) is 34.5 Å². The summed E-state index contributed by atoms with van der Waals surface area (Å²) >= 11 is 0. The lowest BCUT2D eigenvalue weighted by atomic mass is 10.1. The van der Waals surface area contributed by atoms with Gasteiger partial charge in [-0.3, -0.25) is 9.98 Å². The van der Waals surface area contributed by atoms with E-state index < -0.39 is 11.9 Å². The van der Waals surface area contributed by atoms with Crippen LogP contribution in [0.15, 0.2) is 156 Å². The van der Waals surface area contributed by atoms with Crippen LogP contribution in [0.4, 0.5) is 11.4 Å². The van der Waals surface area contributed by atoms with Crippen molar-refractivity contribution in [1.29, 1.82) is 0 Å². The number of rotatable bonds is 28. The maximum absolute atomic E-state index is 12.8. The van der Waals surface area contributed by atoms with Crippen molar-refractivity contribution >= 4 is 35.7 Å². The number of ether oxygens (including phenoxy) is 5. The van der Waals surface area contributed by atoms with Crippen LogP contribution in [-0.2, 0) is 0 Å². The van der Waals surface area contributed by atoms with Crippen molar-refractivity contribution in [3.63, 3.8) is 0 Å². The van der Waals surface area contributed by atoms with Crippen molar-refractivity contribution in [3.8, 4) is 34.5 Å². The Morgan fingerprint density at radius 3 is 1.27 bits per heavy atom. The van der Waals surface area contributed by atoms with Crippen LogP contribution in [0.3, 0.4) is 0 Å². The number of unbranched alkanes of at least 4 members (excludes halogenated alkanes) is 12. The Labute approximate surface area is 396 Å². The van der Waals surface area contributed by atoms with E-state index in [1.54, 1.807) is 61.0 Å². The van der Waals surface area contributed by atoms with Crippen molar-refractivity contribution in [2.45, 2.75) is 104 Å². The Morgan fingerprint density at radius 1 is 0.403 bits per heavy atom. The van der Waals surface area contributed by atoms with Crippen LogP contribution in [0.1, 0.15) is 136 Å². The van der Waals surface area contributed by atoms with Gasteiger partial charge in [0, 0.05) is 18.5 Å². The molecule has 67 heavy (non-hydrogen) atoms. The highest BCUT2D eigenvalue weighted by atomic mass is 16.5. The predicted octanol–water partition coefficient (Wildman–Crippen LogP) is 15.7. The number of esters is 2. The van der Waals surface area contributed by atoms with Crippen LogP contribution < -0.4 is 23.7 Å². The Morgan fingerprint density at radius 2 is 0.806 bits per heavy atom. The number of carbonyl (C=O) groups is 2. The molecule has 348 valence electrons. The molecule has 0 saturated carbocycles. The molecule has 0 spiro atoms. The molecule has 6 aromatic rings. The minimum Gasteiger partial charge on any atom is -0.494 e. The predicted molar refractivity (Wildman–Crippen MR) is 270 cm³/mol. The fourth-order valence-corrected chi connectivity index (χ4v) is 7.11. The average molecular weight is 901 g/mol. The van der Waals surface area contributed by atoms with Gasteiger partial charge >= 0.3 is 11.9 Å². The van der Waals surface area contributed by atoms with Crippen LogP contribution in [0.25, 0.3) is 0 Å². The third-order valence-electron chi connectivity index (χ3n) is 11.0. The minimum atomic E-state index is -0.430. The number of hydrogen-bond donors (Lipinski definition) is 0. The van der Waals surface area contributed by atoms with Crippen LogP contribution >= 0.6 is 0 Å². The topological polar surface area (TPSA) is 105 Å². The lowest BCUT2D eigenvalue weighted by molar-refractivity contribution is 0.0725. The van der Waals surface area contributed by atoms with E-state index in [-0.39, 0.29) is 0 Å². The lowest BCUT2D eigenvalue weighted by Crippen LogP contribution is -2.08. The summed E-state index contributed by atoms with van der Waals surface area (Å²) < 4.78 is 29.0. The van der Waals surface area contributed by atoms with E-state index in [1.807, 2.05) is 97.1 Å². The molecule has 0 amide bonds. The van der Waals surface area contributed by atoms with Crippen molar-refractivity contribution in [3.05, 3.63) is 168 Å². The van der Waals surface area contributed by atoms with Crippen LogP contribution in [0.5, 0.6) is 34.5 Å². The van der Waals surface area contributed by atoms with E-state index >= 15 is 0 Å². The van der Waals surface area contributed by atoms with Gasteiger partial charge in [-0.15, -0.1) is 0 Å². The minimum absolute atomic E-state index is 0.427. The summed E-state index contributed by atoms with van der Waals surface area (Å²) in [7, 11) is 0. The van der Waals surface area contributed by atoms with Gasteiger partial charge in [-0.05, 0) is 157 Å². The highest BCUT2D eigenvalue weighted by Gasteiger charge is 2.11. The molecule has 0 atom stereocenters. The standard InChI is InChI=1S/C58H64N2O7/c1-3-5-7-9-11-13-15-40-63-51-34-24-47(25-35-51)57(61)66-54-30-20-45(21-31-54)43-59-49-28-38-53(39-29-49)65-56-19-17-18-50(42-56)60-44-46-22-32-55(33-23-46)67-58(62)48-26-36-52(37-27-48)64-41-16-14-12-10-8-6-4-2/h17-39,42-44H,3-16,40-41H2,1-2H3. The van der Waals surface area contributed by atoms with E-state index in [9.17, 15) is 9.59 Å². The first-order valence-electron chi connectivity index (χ1n) is 24.0. The summed E-state index contributed by atoms with van der Waals surface area (Å²) in [4.78, 5) is 34.8. The second-order valence-corrected chi connectivity index (χ2v) is 16.5. The van der Waals surface area contributed by atoms with Gasteiger partial charge in [-0.25, -0.2) is 9.59 Å². The molecule has 9 heteroatoms. The molecule has 0 radical (unpaired) electrons. The normalized spacial score (nSPS) is 11.2. The molecule has 0 heterocycles. The van der Waals surface area contributed by atoms with Gasteiger partial charge in [-0.1, -0.05) is 97.0 Å². The molecule has 0 aliphatic heterocycles. The van der Waals surface area contributed by atoms with E-state index in [0.717, 1.165) is 46.8 Å². The Kier molecular flexibility index (Phi) is 20.8. The van der Waals surface area contributed by atoms with Crippen molar-refractivity contribution in [2.75, 3.05) is 13.2 Å². The van der Waals surface area contributed by atoms with Gasteiger partial charge in [-0.2, -0.15) is 0 Å². The van der Waals surface area contributed by atoms with Crippen molar-refractivity contribution < 1.29 is 33.3 Å². The molecular weight excluding hydrogens is 837 g/mol. The van der Waals surface area contributed by atoms with Gasteiger partial charge in [0.05, 0.1) is 35.7 Å². The molecule has 0 N–H and O–H groups in total. The monoisotopic (exact) mass is 900 g/mol. The SMILES string of the molecule is CCCCCCCCCOc1ccc(C(=O)Oc2ccc(C=Nc3ccc(Oc4cccc(N=Cc5ccc(OC(=O)c6ccc(OCCCCCCCCC)cc6)cc5)c4)cc3)cc2)cc1. The third-order valence-corrected chi connectivity index (χ3v) is 11.0. The second-order valence-electron chi connectivity index (χ2n) is 16.5. The quantitative estimate of drug-likeness (QED) is 0.0209. The molecule has 0 saturated heterocycles. The maximum atomic E-state index is 12.8. The first kappa shape index (κ1) is 49.4. The highest BCUT2D eigenvalue weighted by molar-refractivity contribution is 5.92. The molecule has 0 fully saturated rings. The van der Waals surface area contributed by atoms with E-state index in [0.29, 0.717) is 47.3 Å². The van der Waals surface area contributed by atoms with Gasteiger partial charge in [0.15, 0.2) is 0 Å². The molecule has 6 aromatic carbocycles. The van der Waals surface area contributed by atoms with E-state index in [1.165, 1.54) is 77.0 Å². The van der Waals surface area contributed by atoms with Gasteiger partial charge in [0.25, 0.3) is 0 Å². The first-order valence-corrected chi connectivity index (χ1v) is 24.0. The van der Waals surface area contributed by atoms with Gasteiger partial charge in [0.2, 0.25) is 0 Å². The van der Waals surface area contributed by atoms with Crippen molar-refractivity contribution in [2.24, 2.45) is 9.98 Å². The fourth-order valence-electron chi connectivity index (χ4n) is 7.11. The zero-order valence-electron chi connectivity index (χ0n) is 39.1. The van der Waals surface area contributed by atoms with Crippen LogP contribution in [-0.4, -0.2) is 37.6 Å².